The number of rotatable bonds is 6. The van der Waals surface area contributed by atoms with Crippen LogP contribution in [0.15, 0.2) is 24.8 Å². The minimum Gasteiger partial charge on any atom is -0.338 e. The van der Waals surface area contributed by atoms with E-state index in [4.69, 9.17) is 0 Å². The molecule has 2 aliphatic rings. The van der Waals surface area contributed by atoms with E-state index in [2.05, 4.69) is 27.3 Å². The third-order valence-corrected chi connectivity index (χ3v) is 5.48. The molecule has 8 nitrogen and oxygen atoms in total. The SMILES string of the molecule is CCCc1ncncc1C(=O)N1CCC(n2nccc2NC(=O)C2CC2)CC1. The van der Waals surface area contributed by atoms with Crippen molar-refractivity contribution in [2.45, 2.75) is 51.5 Å². The van der Waals surface area contributed by atoms with Gasteiger partial charge in [0, 0.05) is 31.3 Å². The van der Waals surface area contributed by atoms with Crippen LogP contribution in [0, 0.1) is 5.92 Å². The van der Waals surface area contributed by atoms with Gasteiger partial charge in [0.15, 0.2) is 0 Å². The van der Waals surface area contributed by atoms with Gasteiger partial charge < -0.3 is 10.2 Å². The molecule has 2 aromatic rings. The van der Waals surface area contributed by atoms with Crippen molar-refractivity contribution in [2.75, 3.05) is 18.4 Å². The molecule has 0 unspecified atom stereocenters. The monoisotopic (exact) mass is 382 g/mol. The molecule has 2 fully saturated rings. The Balaban J connectivity index is 1.39. The van der Waals surface area contributed by atoms with Crippen molar-refractivity contribution in [1.82, 2.24) is 24.6 Å². The number of hydrogen-bond acceptors (Lipinski definition) is 5. The zero-order valence-corrected chi connectivity index (χ0v) is 16.2. The predicted octanol–water partition coefficient (Wildman–Crippen LogP) is 2.45. The summed E-state index contributed by atoms with van der Waals surface area (Å²) < 4.78 is 1.90. The van der Waals surface area contributed by atoms with E-state index in [-0.39, 0.29) is 23.8 Å². The number of piperidine rings is 1. The standard InChI is InChI=1S/C20H26N6O2/c1-2-3-17-16(12-21-13-22-17)20(28)25-10-7-15(8-11-25)26-18(6-9-23-26)24-19(27)14-4-5-14/h6,9,12-15H,2-5,7-8,10-11H2,1H3,(H,24,27). The molecule has 0 spiro atoms. The number of nitrogens with one attached hydrogen (secondary N) is 1. The number of carbonyl (C=O) groups excluding carboxylic acids is 2. The molecule has 0 bridgehead atoms. The van der Waals surface area contributed by atoms with Crippen LogP contribution >= 0.6 is 0 Å². The Morgan fingerprint density at radius 3 is 2.71 bits per heavy atom. The second-order valence-electron chi connectivity index (χ2n) is 7.58. The average Bonchev–Trinajstić information content (AvgIpc) is 3.48. The van der Waals surface area contributed by atoms with E-state index in [0.29, 0.717) is 18.7 Å². The summed E-state index contributed by atoms with van der Waals surface area (Å²) in [6, 6.07) is 2.02. The number of aromatic nitrogens is 4. The summed E-state index contributed by atoms with van der Waals surface area (Å²) in [5, 5.41) is 7.41. The Kier molecular flexibility index (Phi) is 5.36. The highest BCUT2D eigenvalue weighted by Crippen LogP contribution is 2.31. The van der Waals surface area contributed by atoms with Gasteiger partial charge in [0.1, 0.15) is 12.1 Å². The van der Waals surface area contributed by atoms with Crippen LogP contribution in [0.25, 0.3) is 0 Å². The molecule has 3 heterocycles. The zero-order chi connectivity index (χ0) is 19.5. The normalized spacial score (nSPS) is 17.5. The highest BCUT2D eigenvalue weighted by atomic mass is 16.2. The summed E-state index contributed by atoms with van der Waals surface area (Å²) in [4.78, 5) is 35.2. The maximum atomic E-state index is 12.9. The molecule has 2 amide bonds. The first-order valence-corrected chi connectivity index (χ1v) is 10.1. The van der Waals surface area contributed by atoms with Crippen LogP contribution in [0.1, 0.15) is 61.1 Å². The summed E-state index contributed by atoms with van der Waals surface area (Å²) in [6.07, 6.45) is 10.1. The molecule has 1 aliphatic heterocycles. The molecule has 1 saturated carbocycles. The molecular formula is C20H26N6O2. The molecule has 4 rings (SSSR count). The van der Waals surface area contributed by atoms with Crippen molar-refractivity contribution in [3.63, 3.8) is 0 Å². The first-order valence-electron chi connectivity index (χ1n) is 10.1. The third kappa shape index (κ3) is 3.90. The largest absolute Gasteiger partial charge is 0.338 e. The lowest BCUT2D eigenvalue weighted by atomic mass is 10.0. The maximum absolute atomic E-state index is 12.9. The van der Waals surface area contributed by atoms with Crippen LogP contribution in [0.5, 0.6) is 0 Å². The van der Waals surface area contributed by atoms with E-state index in [1.165, 1.54) is 6.33 Å². The molecule has 148 valence electrons. The lowest BCUT2D eigenvalue weighted by Crippen LogP contribution is -2.40. The second kappa shape index (κ2) is 8.08. The number of aryl methyl sites for hydroxylation is 1. The van der Waals surface area contributed by atoms with Crippen molar-refractivity contribution >= 4 is 17.6 Å². The minimum absolute atomic E-state index is 0.00484. The van der Waals surface area contributed by atoms with Crippen LogP contribution in [-0.4, -0.2) is 49.6 Å². The number of hydrogen-bond donors (Lipinski definition) is 1. The number of anilines is 1. The van der Waals surface area contributed by atoms with Gasteiger partial charge in [0.2, 0.25) is 5.91 Å². The molecule has 2 aromatic heterocycles. The number of carbonyl (C=O) groups is 2. The van der Waals surface area contributed by atoms with Crippen LogP contribution in [0.2, 0.25) is 0 Å². The van der Waals surface area contributed by atoms with Crippen molar-refractivity contribution in [2.24, 2.45) is 5.92 Å². The van der Waals surface area contributed by atoms with Gasteiger partial charge >= 0.3 is 0 Å². The fourth-order valence-corrected chi connectivity index (χ4v) is 3.73. The van der Waals surface area contributed by atoms with Crippen molar-refractivity contribution in [3.8, 4) is 0 Å². The number of likely N-dealkylation sites (tertiary alicyclic amines) is 1. The van der Waals surface area contributed by atoms with Crippen LogP contribution in [-0.2, 0) is 11.2 Å². The summed E-state index contributed by atoms with van der Waals surface area (Å²) in [5.74, 6) is 1.00. The summed E-state index contributed by atoms with van der Waals surface area (Å²) in [5.41, 5.74) is 1.43. The zero-order valence-electron chi connectivity index (χ0n) is 16.2. The van der Waals surface area contributed by atoms with E-state index in [0.717, 1.165) is 50.0 Å². The Hall–Kier alpha value is -2.77. The molecule has 28 heavy (non-hydrogen) atoms. The molecule has 0 aromatic carbocycles. The van der Waals surface area contributed by atoms with Gasteiger partial charge in [0.25, 0.3) is 5.91 Å². The number of nitrogens with zero attached hydrogens (tertiary/aromatic N) is 5. The van der Waals surface area contributed by atoms with Gasteiger partial charge in [-0.05, 0) is 32.1 Å². The highest BCUT2D eigenvalue weighted by Gasteiger charge is 2.31. The van der Waals surface area contributed by atoms with Crippen molar-refractivity contribution in [1.29, 1.82) is 0 Å². The quantitative estimate of drug-likeness (QED) is 0.828. The molecule has 1 aliphatic carbocycles. The average molecular weight is 382 g/mol. The third-order valence-electron chi connectivity index (χ3n) is 5.48. The van der Waals surface area contributed by atoms with E-state index >= 15 is 0 Å². The second-order valence-corrected chi connectivity index (χ2v) is 7.58. The first-order chi connectivity index (χ1) is 13.7. The van der Waals surface area contributed by atoms with Gasteiger partial charge in [-0.15, -0.1) is 0 Å². The van der Waals surface area contributed by atoms with E-state index in [9.17, 15) is 9.59 Å². The lowest BCUT2D eigenvalue weighted by Gasteiger charge is -2.33. The Bertz CT molecular complexity index is 852. The van der Waals surface area contributed by atoms with Gasteiger partial charge in [0.05, 0.1) is 23.5 Å². The maximum Gasteiger partial charge on any atom is 0.257 e. The molecule has 1 N–H and O–H groups in total. The van der Waals surface area contributed by atoms with Crippen LogP contribution in [0.4, 0.5) is 5.82 Å². The molecule has 1 saturated heterocycles. The van der Waals surface area contributed by atoms with E-state index in [1.54, 1.807) is 12.4 Å². The molecule has 0 radical (unpaired) electrons. The minimum atomic E-state index is 0.00484. The van der Waals surface area contributed by atoms with Crippen LogP contribution < -0.4 is 5.32 Å². The Labute approximate surface area is 164 Å². The number of amides is 2. The predicted molar refractivity (Wildman–Crippen MR) is 104 cm³/mol. The topological polar surface area (TPSA) is 93.0 Å². The summed E-state index contributed by atoms with van der Waals surface area (Å²) >= 11 is 0. The smallest absolute Gasteiger partial charge is 0.257 e. The summed E-state index contributed by atoms with van der Waals surface area (Å²) in [7, 11) is 0. The summed E-state index contributed by atoms with van der Waals surface area (Å²) in [6.45, 7) is 3.38. The van der Waals surface area contributed by atoms with Crippen molar-refractivity contribution in [3.05, 3.63) is 36.0 Å². The lowest BCUT2D eigenvalue weighted by molar-refractivity contribution is -0.117. The van der Waals surface area contributed by atoms with Crippen LogP contribution in [0.3, 0.4) is 0 Å². The van der Waals surface area contributed by atoms with Gasteiger partial charge in [-0.25, -0.2) is 14.6 Å². The first kappa shape index (κ1) is 18.6. The Morgan fingerprint density at radius 1 is 1.21 bits per heavy atom. The van der Waals surface area contributed by atoms with Gasteiger partial charge in [-0.3, -0.25) is 9.59 Å². The highest BCUT2D eigenvalue weighted by molar-refractivity contribution is 5.95. The van der Waals surface area contributed by atoms with E-state index in [1.807, 2.05) is 15.6 Å². The van der Waals surface area contributed by atoms with Gasteiger partial charge in [-0.1, -0.05) is 13.3 Å². The van der Waals surface area contributed by atoms with Gasteiger partial charge in [-0.2, -0.15) is 5.10 Å². The van der Waals surface area contributed by atoms with Crippen molar-refractivity contribution < 1.29 is 9.59 Å². The molecule has 8 heteroatoms. The fraction of sp³-hybridized carbons (Fsp3) is 0.550. The Morgan fingerprint density at radius 2 is 2.00 bits per heavy atom. The fourth-order valence-electron chi connectivity index (χ4n) is 3.73. The molecular weight excluding hydrogens is 356 g/mol. The molecule has 0 atom stereocenters. The van der Waals surface area contributed by atoms with E-state index < -0.39 is 0 Å².